The van der Waals surface area contributed by atoms with Crippen LogP contribution in [0.15, 0.2) is 24.3 Å². The van der Waals surface area contributed by atoms with Crippen LogP contribution in [0, 0.1) is 0 Å². The van der Waals surface area contributed by atoms with Gasteiger partial charge >= 0.3 is 0 Å². The fourth-order valence-corrected chi connectivity index (χ4v) is 2.08. The summed E-state index contributed by atoms with van der Waals surface area (Å²) in [6, 6.07) is 7.13. The third kappa shape index (κ3) is 3.68. The number of morpholine rings is 1. The average Bonchev–Trinajstić information content (AvgIpc) is 2.47. The van der Waals surface area contributed by atoms with Crippen molar-refractivity contribution in [3.63, 3.8) is 0 Å². The van der Waals surface area contributed by atoms with Crippen LogP contribution in [0.25, 0.3) is 0 Å². The maximum atomic E-state index is 12.2. The van der Waals surface area contributed by atoms with Crippen molar-refractivity contribution >= 4 is 5.91 Å². The van der Waals surface area contributed by atoms with E-state index in [9.17, 15) is 4.79 Å². The number of benzene rings is 1. The quantitative estimate of drug-likeness (QED) is 0.872. The summed E-state index contributed by atoms with van der Waals surface area (Å²) in [5, 5.41) is 3.25. The van der Waals surface area contributed by atoms with Gasteiger partial charge < -0.3 is 19.7 Å². The molecular formula is C14H20N2O3. The first-order valence-electron chi connectivity index (χ1n) is 6.42. The predicted octanol–water partition coefficient (Wildman–Crippen LogP) is 0.756. The summed E-state index contributed by atoms with van der Waals surface area (Å²) in [5.41, 5.74) is 0.659. The number of nitrogens with one attached hydrogen (secondary N) is 1. The van der Waals surface area contributed by atoms with E-state index in [1.807, 2.05) is 0 Å². The minimum Gasteiger partial charge on any atom is -0.497 e. The normalized spacial score (nSPS) is 18.9. The second-order valence-electron chi connectivity index (χ2n) is 4.61. The summed E-state index contributed by atoms with van der Waals surface area (Å²) in [4.78, 5) is 13.9. The maximum Gasteiger partial charge on any atom is 0.253 e. The Morgan fingerprint density at radius 2 is 2.21 bits per heavy atom. The van der Waals surface area contributed by atoms with Crippen molar-refractivity contribution in [2.24, 2.45) is 0 Å². The molecule has 1 aliphatic rings. The van der Waals surface area contributed by atoms with Gasteiger partial charge in [0.2, 0.25) is 0 Å². The van der Waals surface area contributed by atoms with Gasteiger partial charge in [-0.1, -0.05) is 0 Å². The van der Waals surface area contributed by atoms with E-state index in [0.717, 1.165) is 18.8 Å². The smallest absolute Gasteiger partial charge is 0.253 e. The Bertz CT molecular complexity index is 413. The van der Waals surface area contributed by atoms with Crippen molar-refractivity contribution in [2.75, 3.05) is 40.4 Å². The van der Waals surface area contributed by atoms with E-state index >= 15 is 0 Å². The first-order chi connectivity index (χ1) is 9.20. The van der Waals surface area contributed by atoms with Crippen molar-refractivity contribution in [3.05, 3.63) is 29.8 Å². The molecule has 5 heteroatoms. The van der Waals surface area contributed by atoms with E-state index in [1.165, 1.54) is 0 Å². The molecule has 1 aliphatic heterocycles. The van der Waals surface area contributed by atoms with Crippen molar-refractivity contribution < 1.29 is 14.3 Å². The molecule has 1 saturated heterocycles. The lowest BCUT2D eigenvalue weighted by Gasteiger charge is -2.28. The highest BCUT2D eigenvalue weighted by atomic mass is 16.5. The molecule has 0 aromatic heterocycles. The number of likely N-dealkylation sites (N-methyl/N-ethyl adjacent to an activating group) is 1. The lowest BCUT2D eigenvalue weighted by molar-refractivity contribution is 0.0104. The molecule has 5 nitrogen and oxygen atoms in total. The first-order valence-corrected chi connectivity index (χ1v) is 6.42. The van der Waals surface area contributed by atoms with Crippen LogP contribution in [-0.2, 0) is 4.74 Å². The van der Waals surface area contributed by atoms with E-state index < -0.39 is 0 Å². The molecule has 1 atom stereocenters. The maximum absolute atomic E-state index is 12.2. The second kappa shape index (κ2) is 6.54. The molecule has 19 heavy (non-hydrogen) atoms. The number of amides is 1. The lowest BCUT2D eigenvalue weighted by Crippen LogP contribution is -2.45. The number of hydrogen-bond donors (Lipinski definition) is 1. The van der Waals surface area contributed by atoms with Crippen LogP contribution in [-0.4, -0.2) is 57.3 Å². The number of hydrogen-bond acceptors (Lipinski definition) is 4. The second-order valence-corrected chi connectivity index (χ2v) is 4.61. The molecule has 1 aromatic carbocycles. The summed E-state index contributed by atoms with van der Waals surface area (Å²) in [6.07, 6.45) is 0.0703. The summed E-state index contributed by atoms with van der Waals surface area (Å²) >= 11 is 0. The molecular weight excluding hydrogens is 244 g/mol. The standard InChI is InChI=1S/C14H20N2O3/c1-16(10-13-9-15-7-8-19-13)14(17)11-3-5-12(18-2)6-4-11/h3-6,13,15H,7-10H2,1-2H3. The molecule has 0 spiro atoms. The molecule has 0 saturated carbocycles. The molecule has 0 aliphatic carbocycles. The zero-order valence-corrected chi connectivity index (χ0v) is 11.4. The molecule has 1 amide bonds. The molecule has 2 rings (SSSR count). The summed E-state index contributed by atoms with van der Waals surface area (Å²) in [7, 11) is 3.40. The topological polar surface area (TPSA) is 50.8 Å². The molecule has 1 aromatic rings. The van der Waals surface area contributed by atoms with Crippen LogP contribution in [0.2, 0.25) is 0 Å². The first kappa shape index (κ1) is 13.8. The predicted molar refractivity (Wildman–Crippen MR) is 72.6 cm³/mol. The third-order valence-electron chi connectivity index (χ3n) is 3.17. The van der Waals surface area contributed by atoms with Gasteiger partial charge in [0.05, 0.1) is 19.8 Å². The zero-order chi connectivity index (χ0) is 13.7. The minimum atomic E-state index is -0.00294. The Kier molecular flexibility index (Phi) is 4.76. The molecule has 0 radical (unpaired) electrons. The molecule has 1 N–H and O–H groups in total. The Morgan fingerprint density at radius 1 is 1.47 bits per heavy atom. The Hall–Kier alpha value is -1.59. The minimum absolute atomic E-state index is 0.00294. The molecule has 1 fully saturated rings. The summed E-state index contributed by atoms with van der Waals surface area (Å²) in [6.45, 7) is 2.97. The molecule has 104 valence electrons. The van der Waals surface area contributed by atoms with E-state index in [0.29, 0.717) is 18.7 Å². The van der Waals surface area contributed by atoms with Crippen LogP contribution in [0.4, 0.5) is 0 Å². The van der Waals surface area contributed by atoms with Gasteiger partial charge in [-0.25, -0.2) is 0 Å². The SMILES string of the molecule is COc1ccc(C(=O)N(C)CC2CNCCO2)cc1. The summed E-state index contributed by atoms with van der Waals surface area (Å²) < 4.78 is 10.7. The van der Waals surface area contributed by atoms with Gasteiger partial charge in [0.1, 0.15) is 5.75 Å². The molecule has 1 heterocycles. The van der Waals surface area contributed by atoms with Gasteiger partial charge in [-0.2, -0.15) is 0 Å². The number of rotatable bonds is 4. The van der Waals surface area contributed by atoms with Crippen LogP contribution in [0.5, 0.6) is 5.75 Å². The van der Waals surface area contributed by atoms with Crippen molar-refractivity contribution in [3.8, 4) is 5.75 Å². The van der Waals surface area contributed by atoms with Crippen LogP contribution in [0.3, 0.4) is 0 Å². The number of nitrogens with zero attached hydrogens (tertiary/aromatic N) is 1. The zero-order valence-electron chi connectivity index (χ0n) is 11.4. The fraction of sp³-hybridized carbons (Fsp3) is 0.500. The molecule has 0 bridgehead atoms. The van der Waals surface area contributed by atoms with E-state index in [1.54, 1.807) is 43.3 Å². The fourth-order valence-electron chi connectivity index (χ4n) is 2.08. The Balaban J connectivity index is 1.93. The van der Waals surface area contributed by atoms with Gasteiger partial charge in [0, 0.05) is 32.2 Å². The monoisotopic (exact) mass is 264 g/mol. The van der Waals surface area contributed by atoms with E-state index in [4.69, 9.17) is 9.47 Å². The molecule has 1 unspecified atom stereocenters. The number of methoxy groups -OCH3 is 1. The highest BCUT2D eigenvalue weighted by Crippen LogP contribution is 2.13. The van der Waals surface area contributed by atoms with Gasteiger partial charge in [-0.3, -0.25) is 4.79 Å². The Morgan fingerprint density at radius 3 is 2.79 bits per heavy atom. The van der Waals surface area contributed by atoms with Crippen molar-refractivity contribution in [1.29, 1.82) is 0 Å². The van der Waals surface area contributed by atoms with E-state index in [2.05, 4.69) is 5.32 Å². The number of ether oxygens (including phenoxy) is 2. The lowest BCUT2D eigenvalue weighted by atomic mass is 10.2. The van der Waals surface area contributed by atoms with Crippen LogP contribution in [0.1, 0.15) is 10.4 Å². The van der Waals surface area contributed by atoms with Crippen molar-refractivity contribution in [1.82, 2.24) is 10.2 Å². The third-order valence-corrected chi connectivity index (χ3v) is 3.17. The van der Waals surface area contributed by atoms with Crippen molar-refractivity contribution in [2.45, 2.75) is 6.10 Å². The largest absolute Gasteiger partial charge is 0.497 e. The van der Waals surface area contributed by atoms with Crippen LogP contribution >= 0.6 is 0 Å². The van der Waals surface area contributed by atoms with Gasteiger partial charge in [-0.05, 0) is 24.3 Å². The van der Waals surface area contributed by atoms with Gasteiger partial charge in [0.15, 0.2) is 0 Å². The van der Waals surface area contributed by atoms with Gasteiger partial charge in [0.25, 0.3) is 5.91 Å². The highest BCUT2D eigenvalue weighted by Gasteiger charge is 2.19. The van der Waals surface area contributed by atoms with Crippen LogP contribution < -0.4 is 10.1 Å². The summed E-state index contributed by atoms with van der Waals surface area (Å²) in [5.74, 6) is 0.746. The Labute approximate surface area is 113 Å². The van der Waals surface area contributed by atoms with Gasteiger partial charge in [-0.15, -0.1) is 0 Å². The average molecular weight is 264 g/mol. The highest BCUT2D eigenvalue weighted by molar-refractivity contribution is 5.94. The number of carbonyl (C=O) groups is 1. The van der Waals surface area contributed by atoms with E-state index in [-0.39, 0.29) is 12.0 Å². The number of carbonyl (C=O) groups excluding carboxylic acids is 1.